The van der Waals surface area contributed by atoms with Gasteiger partial charge in [0.05, 0.1) is 5.69 Å². The highest BCUT2D eigenvalue weighted by atomic mass is 15.3. The molecule has 1 aliphatic carbocycles. The lowest BCUT2D eigenvalue weighted by Crippen LogP contribution is -2.38. The quantitative estimate of drug-likeness (QED) is 0.902. The van der Waals surface area contributed by atoms with Crippen molar-refractivity contribution in [3.05, 3.63) is 42.7 Å². The molecular formula is C17H23N3. The number of hydrogen-bond acceptors (Lipinski definition) is 2. The van der Waals surface area contributed by atoms with Crippen LogP contribution in [0.25, 0.3) is 5.69 Å². The van der Waals surface area contributed by atoms with E-state index in [1.54, 1.807) is 6.20 Å². The lowest BCUT2D eigenvalue weighted by molar-refractivity contribution is 0.217. The van der Waals surface area contributed by atoms with Gasteiger partial charge >= 0.3 is 0 Å². The summed E-state index contributed by atoms with van der Waals surface area (Å²) in [5, 5.41) is 7.97. The van der Waals surface area contributed by atoms with Gasteiger partial charge in [0.25, 0.3) is 0 Å². The smallest absolute Gasteiger partial charge is 0.0647 e. The summed E-state index contributed by atoms with van der Waals surface area (Å²) in [5.41, 5.74) is 2.70. The standard InChI is InChI=1S/C17H23N3/c1-17(2)11-4-3-6-16(17)19-14-7-9-15(10-8-14)20-13-5-12-18-20/h5,7-10,12-13,16,19H,3-4,6,11H2,1-2H3. The van der Waals surface area contributed by atoms with Gasteiger partial charge in [-0.05, 0) is 48.6 Å². The van der Waals surface area contributed by atoms with Crippen LogP contribution >= 0.6 is 0 Å². The molecule has 1 fully saturated rings. The topological polar surface area (TPSA) is 29.9 Å². The molecule has 1 N–H and O–H groups in total. The molecule has 106 valence electrons. The molecule has 0 aliphatic heterocycles. The van der Waals surface area contributed by atoms with Crippen LogP contribution in [-0.2, 0) is 0 Å². The molecule has 2 aromatic rings. The third-order valence-corrected chi connectivity index (χ3v) is 4.48. The molecule has 1 aromatic carbocycles. The first-order chi connectivity index (χ1) is 9.65. The van der Waals surface area contributed by atoms with Gasteiger partial charge in [0, 0.05) is 24.1 Å². The fraction of sp³-hybridized carbons (Fsp3) is 0.471. The summed E-state index contributed by atoms with van der Waals surface area (Å²) in [4.78, 5) is 0. The molecule has 0 radical (unpaired) electrons. The summed E-state index contributed by atoms with van der Waals surface area (Å²) in [5.74, 6) is 0. The van der Waals surface area contributed by atoms with Crippen molar-refractivity contribution >= 4 is 5.69 Å². The molecular weight excluding hydrogens is 246 g/mol. The Hall–Kier alpha value is -1.77. The van der Waals surface area contributed by atoms with E-state index in [9.17, 15) is 0 Å². The SMILES string of the molecule is CC1(C)CCCCC1Nc1ccc(-n2cccn2)cc1. The van der Waals surface area contributed by atoms with Gasteiger partial charge in [-0.1, -0.05) is 26.7 Å². The van der Waals surface area contributed by atoms with Gasteiger partial charge in [0.15, 0.2) is 0 Å². The Labute approximate surface area is 121 Å². The maximum absolute atomic E-state index is 4.25. The van der Waals surface area contributed by atoms with E-state index in [0.29, 0.717) is 11.5 Å². The van der Waals surface area contributed by atoms with Gasteiger partial charge in [0.2, 0.25) is 0 Å². The number of rotatable bonds is 3. The summed E-state index contributed by atoms with van der Waals surface area (Å²) < 4.78 is 1.88. The largest absolute Gasteiger partial charge is 0.382 e. The minimum absolute atomic E-state index is 0.388. The minimum Gasteiger partial charge on any atom is -0.382 e. The van der Waals surface area contributed by atoms with Gasteiger partial charge in [-0.15, -0.1) is 0 Å². The zero-order chi connectivity index (χ0) is 14.0. The van der Waals surface area contributed by atoms with Crippen LogP contribution in [0, 0.1) is 5.41 Å². The van der Waals surface area contributed by atoms with E-state index >= 15 is 0 Å². The predicted molar refractivity (Wildman–Crippen MR) is 83.2 cm³/mol. The van der Waals surface area contributed by atoms with Crippen molar-refractivity contribution < 1.29 is 0 Å². The molecule has 3 nitrogen and oxygen atoms in total. The number of benzene rings is 1. The molecule has 3 heteroatoms. The second-order valence-corrected chi connectivity index (χ2v) is 6.43. The van der Waals surface area contributed by atoms with Gasteiger partial charge in [-0.2, -0.15) is 5.10 Å². The molecule has 1 saturated carbocycles. The first-order valence-corrected chi connectivity index (χ1v) is 7.52. The minimum atomic E-state index is 0.388. The molecule has 1 aromatic heterocycles. The monoisotopic (exact) mass is 269 g/mol. The van der Waals surface area contributed by atoms with Crippen molar-refractivity contribution in [2.45, 2.75) is 45.6 Å². The Morgan fingerprint density at radius 1 is 1.20 bits per heavy atom. The zero-order valence-corrected chi connectivity index (χ0v) is 12.3. The number of nitrogens with zero attached hydrogens (tertiary/aromatic N) is 2. The number of hydrogen-bond donors (Lipinski definition) is 1. The van der Waals surface area contributed by atoms with E-state index in [-0.39, 0.29) is 0 Å². The van der Waals surface area contributed by atoms with Crippen molar-refractivity contribution in [2.24, 2.45) is 5.41 Å². The van der Waals surface area contributed by atoms with E-state index in [0.717, 1.165) is 5.69 Å². The molecule has 1 atom stereocenters. The van der Waals surface area contributed by atoms with E-state index in [2.05, 4.69) is 48.5 Å². The number of aromatic nitrogens is 2. The molecule has 0 bridgehead atoms. The second kappa shape index (κ2) is 5.31. The second-order valence-electron chi connectivity index (χ2n) is 6.43. The highest BCUT2D eigenvalue weighted by Gasteiger charge is 2.31. The first kappa shape index (κ1) is 13.2. The maximum Gasteiger partial charge on any atom is 0.0647 e. The van der Waals surface area contributed by atoms with Crippen LogP contribution in [0.1, 0.15) is 39.5 Å². The Bertz CT molecular complexity index is 540. The average molecular weight is 269 g/mol. The first-order valence-electron chi connectivity index (χ1n) is 7.52. The third kappa shape index (κ3) is 2.72. The molecule has 1 aliphatic rings. The van der Waals surface area contributed by atoms with Crippen molar-refractivity contribution in [1.29, 1.82) is 0 Å². The third-order valence-electron chi connectivity index (χ3n) is 4.48. The number of anilines is 1. The van der Waals surface area contributed by atoms with Crippen LogP contribution in [-0.4, -0.2) is 15.8 Å². The van der Waals surface area contributed by atoms with Gasteiger partial charge in [-0.25, -0.2) is 4.68 Å². The summed E-state index contributed by atoms with van der Waals surface area (Å²) in [7, 11) is 0. The molecule has 20 heavy (non-hydrogen) atoms. The highest BCUT2D eigenvalue weighted by molar-refractivity contribution is 5.49. The fourth-order valence-electron chi connectivity index (χ4n) is 3.09. The molecule has 1 heterocycles. The molecule has 1 unspecified atom stereocenters. The van der Waals surface area contributed by atoms with E-state index in [1.807, 2.05) is 16.9 Å². The van der Waals surface area contributed by atoms with Crippen molar-refractivity contribution in [1.82, 2.24) is 9.78 Å². The summed E-state index contributed by atoms with van der Waals surface area (Å²) in [6.45, 7) is 4.75. The van der Waals surface area contributed by atoms with Crippen LogP contribution in [0.5, 0.6) is 0 Å². The summed E-state index contributed by atoms with van der Waals surface area (Å²) in [6.07, 6.45) is 9.06. The van der Waals surface area contributed by atoms with Crippen LogP contribution < -0.4 is 5.32 Å². The van der Waals surface area contributed by atoms with E-state index in [1.165, 1.54) is 31.4 Å². The van der Waals surface area contributed by atoms with Crippen LogP contribution in [0.2, 0.25) is 0 Å². The van der Waals surface area contributed by atoms with Gasteiger partial charge in [-0.3, -0.25) is 0 Å². The summed E-state index contributed by atoms with van der Waals surface area (Å²) in [6, 6.07) is 11.1. The molecule has 3 rings (SSSR count). The van der Waals surface area contributed by atoms with Crippen LogP contribution in [0.3, 0.4) is 0 Å². The zero-order valence-electron chi connectivity index (χ0n) is 12.3. The van der Waals surface area contributed by atoms with Gasteiger partial charge in [0.1, 0.15) is 0 Å². The molecule has 0 amide bonds. The number of nitrogens with one attached hydrogen (secondary N) is 1. The Morgan fingerprint density at radius 2 is 2.00 bits per heavy atom. The maximum atomic E-state index is 4.25. The fourth-order valence-corrected chi connectivity index (χ4v) is 3.09. The van der Waals surface area contributed by atoms with Crippen molar-refractivity contribution in [3.8, 4) is 5.69 Å². The lowest BCUT2D eigenvalue weighted by Gasteiger charge is -2.39. The van der Waals surface area contributed by atoms with Crippen LogP contribution in [0.4, 0.5) is 5.69 Å². The Morgan fingerprint density at radius 3 is 2.65 bits per heavy atom. The van der Waals surface area contributed by atoms with E-state index in [4.69, 9.17) is 0 Å². The summed E-state index contributed by atoms with van der Waals surface area (Å²) >= 11 is 0. The average Bonchev–Trinajstić information content (AvgIpc) is 2.96. The molecule has 0 saturated heterocycles. The normalized spacial score (nSPS) is 21.6. The predicted octanol–water partition coefficient (Wildman–Crippen LogP) is 4.25. The Balaban J connectivity index is 1.72. The highest BCUT2D eigenvalue weighted by Crippen LogP contribution is 2.37. The van der Waals surface area contributed by atoms with Crippen LogP contribution in [0.15, 0.2) is 42.7 Å². The van der Waals surface area contributed by atoms with E-state index < -0.39 is 0 Å². The molecule has 0 spiro atoms. The van der Waals surface area contributed by atoms with Crippen molar-refractivity contribution in [3.63, 3.8) is 0 Å². The van der Waals surface area contributed by atoms with Crippen molar-refractivity contribution in [2.75, 3.05) is 5.32 Å². The van der Waals surface area contributed by atoms with Gasteiger partial charge < -0.3 is 5.32 Å². The Kier molecular flexibility index (Phi) is 3.51. The lowest BCUT2D eigenvalue weighted by atomic mass is 9.73.